The van der Waals surface area contributed by atoms with Gasteiger partial charge < -0.3 is 4.74 Å². The molecule has 16 heavy (non-hydrogen) atoms. The van der Waals surface area contributed by atoms with Crippen molar-refractivity contribution in [1.29, 1.82) is 0 Å². The van der Waals surface area contributed by atoms with Crippen molar-refractivity contribution in [2.24, 2.45) is 0 Å². The average Bonchev–Trinajstić information content (AvgIpc) is 2.54. The summed E-state index contributed by atoms with van der Waals surface area (Å²) in [6.45, 7) is 0. The van der Waals surface area contributed by atoms with E-state index >= 15 is 0 Å². The largest absolute Gasteiger partial charge is 0.480 e. The number of pyridine rings is 1. The van der Waals surface area contributed by atoms with Crippen molar-refractivity contribution < 1.29 is 17.9 Å². The minimum atomic E-state index is -4.52. The lowest BCUT2D eigenvalue weighted by atomic mass is 10.4. The minimum Gasteiger partial charge on any atom is -0.480 e. The van der Waals surface area contributed by atoms with Gasteiger partial charge in [-0.2, -0.15) is 13.2 Å². The van der Waals surface area contributed by atoms with Crippen LogP contribution in [0.25, 0.3) is 5.65 Å². The van der Waals surface area contributed by atoms with Gasteiger partial charge in [0.15, 0.2) is 0 Å². The number of hydrogen-bond donors (Lipinski definition) is 0. The number of methoxy groups -OCH3 is 1. The van der Waals surface area contributed by atoms with Gasteiger partial charge in [0.05, 0.1) is 7.11 Å². The third kappa shape index (κ3) is 1.75. The van der Waals surface area contributed by atoms with Crippen molar-refractivity contribution in [3.8, 4) is 5.88 Å². The van der Waals surface area contributed by atoms with E-state index < -0.39 is 11.9 Å². The monoisotopic (exact) mass is 294 g/mol. The third-order valence-corrected chi connectivity index (χ3v) is 2.47. The average molecular weight is 295 g/mol. The molecule has 0 aliphatic rings. The lowest BCUT2D eigenvalue weighted by Gasteiger charge is -2.05. The molecule has 0 atom stereocenters. The van der Waals surface area contributed by atoms with Crippen molar-refractivity contribution in [2.45, 2.75) is 6.18 Å². The summed E-state index contributed by atoms with van der Waals surface area (Å²) in [5, 5.41) is 0. The lowest BCUT2D eigenvalue weighted by Crippen LogP contribution is -2.07. The Morgan fingerprint density at radius 3 is 2.62 bits per heavy atom. The Hall–Kier alpha value is -1.24. The molecule has 0 fully saturated rings. The summed E-state index contributed by atoms with van der Waals surface area (Å²) in [5.74, 6) is -0.316. The van der Waals surface area contributed by atoms with E-state index in [1.807, 2.05) is 0 Å². The van der Waals surface area contributed by atoms with Crippen LogP contribution in [0.15, 0.2) is 22.8 Å². The van der Waals surface area contributed by atoms with E-state index in [0.717, 1.165) is 0 Å². The number of alkyl halides is 3. The summed E-state index contributed by atoms with van der Waals surface area (Å²) in [4.78, 5) is 3.49. The highest BCUT2D eigenvalue weighted by Gasteiger charge is 2.38. The van der Waals surface area contributed by atoms with Crippen LogP contribution in [0.3, 0.4) is 0 Å². The molecule has 2 aromatic rings. The fraction of sp³-hybridized carbons (Fsp3) is 0.222. The molecular formula is C9H6BrF3N2O. The molecule has 2 aromatic heterocycles. The van der Waals surface area contributed by atoms with E-state index in [9.17, 15) is 13.2 Å². The molecule has 0 radical (unpaired) electrons. The highest BCUT2D eigenvalue weighted by Crippen LogP contribution is 2.36. The number of halogens is 4. The van der Waals surface area contributed by atoms with Crippen molar-refractivity contribution in [3.05, 3.63) is 28.5 Å². The maximum absolute atomic E-state index is 12.6. The van der Waals surface area contributed by atoms with E-state index in [1.165, 1.54) is 23.8 Å². The Labute approximate surface area is 97.0 Å². The normalized spacial score (nSPS) is 12.1. The van der Waals surface area contributed by atoms with Crippen LogP contribution in [-0.2, 0) is 6.18 Å². The number of fused-ring (bicyclic) bond motifs is 1. The highest BCUT2D eigenvalue weighted by molar-refractivity contribution is 9.10. The number of aromatic nitrogens is 2. The summed E-state index contributed by atoms with van der Waals surface area (Å²) in [6, 6.07) is 3.09. The van der Waals surface area contributed by atoms with Crippen LogP contribution in [0, 0.1) is 0 Å². The van der Waals surface area contributed by atoms with Crippen LogP contribution in [-0.4, -0.2) is 16.5 Å². The third-order valence-electron chi connectivity index (χ3n) is 2.00. The molecule has 0 N–H and O–H groups in total. The summed E-state index contributed by atoms with van der Waals surface area (Å²) >= 11 is 3.17. The second-order valence-electron chi connectivity index (χ2n) is 3.04. The van der Waals surface area contributed by atoms with Gasteiger partial charge in [-0.3, -0.25) is 4.40 Å². The Kier molecular flexibility index (Phi) is 2.57. The van der Waals surface area contributed by atoms with Crippen LogP contribution in [0.1, 0.15) is 5.69 Å². The molecule has 7 heteroatoms. The highest BCUT2D eigenvalue weighted by atomic mass is 79.9. The maximum Gasteiger partial charge on any atom is 0.438 e. The predicted octanol–water partition coefficient (Wildman–Crippen LogP) is 3.12. The van der Waals surface area contributed by atoms with E-state index in [4.69, 9.17) is 4.74 Å². The van der Waals surface area contributed by atoms with Gasteiger partial charge in [0.2, 0.25) is 11.6 Å². The molecule has 2 heterocycles. The molecule has 0 bridgehead atoms. The molecule has 0 saturated carbocycles. The standard InChI is InChI=1S/C9H6BrF3N2O/c1-16-8-7(9(11,12)13)14-6-3-2-5(10)4-15(6)8/h2-4H,1H3. The first kappa shape index (κ1) is 11.3. The van der Waals surface area contributed by atoms with Crippen LogP contribution in [0.5, 0.6) is 5.88 Å². The van der Waals surface area contributed by atoms with E-state index in [2.05, 4.69) is 20.9 Å². The van der Waals surface area contributed by atoms with Crippen LogP contribution in [0.2, 0.25) is 0 Å². The second-order valence-corrected chi connectivity index (χ2v) is 3.96. The van der Waals surface area contributed by atoms with Crippen molar-refractivity contribution in [2.75, 3.05) is 7.11 Å². The molecule has 0 saturated heterocycles. The lowest BCUT2D eigenvalue weighted by molar-refractivity contribution is -0.142. The minimum absolute atomic E-state index is 0.187. The molecule has 0 aliphatic heterocycles. The molecular weight excluding hydrogens is 289 g/mol. The summed E-state index contributed by atoms with van der Waals surface area (Å²) < 4.78 is 44.4. The van der Waals surface area contributed by atoms with Gasteiger partial charge in [0.1, 0.15) is 5.65 Å². The van der Waals surface area contributed by atoms with Crippen LogP contribution < -0.4 is 4.74 Å². The summed E-state index contributed by atoms with van der Waals surface area (Å²) in [7, 11) is 1.18. The predicted molar refractivity (Wildman–Crippen MR) is 54.4 cm³/mol. The smallest absolute Gasteiger partial charge is 0.438 e. The Morgan fingerprint density at radius 1 is 1.38 bits per heavy atom. The van der Waals surface area contributed by atoms with Gasteiger partial charge in [0.25, 0.3) is 0 Å². The fourth-order valence-corrected chi connectivity index (χ4v) is 1.71. The Balaban J connectivity index is 2.77. The Morgan fingerprint density at radius 2 is 2.06 bits per heavy atom. The second kappa shape index (κ2) is 3.65. The van der Waals surface area contributed by atoms with Gasteiger partial charge in [-0.15, -0.1) is 0 Å². The number of rotatable bonds is 1. The molecule has 86 valence electrons. The zero-order chi connectivity index (χ0) is 11.9. The number of ether oxygens (including phenoxy) is 1. The first-order valence-corrected chi connectivity index (χ1v) is 5.01. The molecule has 0 spiro atoms. The van der Waals surface area contributed by atoms with Gasteiger partial charge in [-0.25, -0.2) is 4.98 Å². The van der Waals surface area contributed by atoms with Gasteiger partial charge in [0, 0.05) is 10.7 Å². The van der Waals surface area contributed by atoms with Crippen LogP contribution in [0.4, 0.5) is 13.2 Å². The van der Waals surface area contributed by atoms with Crippen molar-refractivity contribution in [1.82, 2.24) is 9.38 Å². The number of hydrogen-bond acceptors (Lipinski definition) is 2. The number of nitrogens with zero attached hydrogens (tertiary/aromatic N) is 2. The van der Waals surface area contributed by atoms with E-state index in [1.54, 1.807) is 6.07 Å². The van der Waals surface area contributed by atoms with Gasteiger partial charge in [-0.05, 0) is 28.1 Å². The Bertz CT molecular complexity index is 535. The molecule has 3 nitrogen and oxygen atoms in total. The van der Waals surface area contributed by atoms with Crippen LogP contribution >= 0.6 is 15.9 Å². The van der Waals surface area contributed by atoms with Gasteiger partial charge >= 0.3 is 6.18 Å². The molecule has 0 aliphatic carbocycles. The summed E-state index contributed by atoms with van der Waals surface area (Å²) in [6.07, 6.45) is -3.06. The SMILES string of the molecule is COc1c(C(F)(F)F)nc2ccc(Br)cn12. The van der Waals surface area contributed by atoms with Gasteiger partial charge in [-0.1, -0.05) is 0 Å². The first-order chi connectivity index (χ1) is 7.43. The molecule has 0 aromatic carbocycles. The van der Waals surface area contributed by atoms with Crippen molar-refractivity contribution in [3.63, 3.8) is 0 Å². The first-order valence-electron chi connectivity index (χ1n) is 4.22. The molecule has 0 amide bonds. The molecule has 0 unspecified atom stereocenters. The number of imidazole rings is 1. The zero-order valence-corrected chi connectivity index (χ0v) is 9.63. The van der Waals surface area contributed by atoms with Crippen molar-refractivity contribution >= 4 is 21.6 Å². The zero-order valence-electron chi connectivity index (χ0n) is 8.05. The topological polar surface area (TPSA) is 26.5 Å². The fourth-order valence-electron chi connectivity index (χ4n) is 1.38. The van der Waals surface area contributed by atoms with E-state index in [-0.39, 0.29) is 11.5 Å². The summed E-state index contributed by atoms with van der Waals surface area (Å²) in [5.41, 5.74) is -0.833. The van der Waals surface area contributed by atoms with E-state index in [0.29, 0.717) is 4.47 Å². The molecule has 2 rings (SSSR count). The maximum atomic E-state index is 12.6. The quantitative estimate of drug-likeness (QED) is 0.808.